The van der Waals surface area contributed by atoms with Gasteiger partial charge in [-0.15, -0.1) is 0 Å². The molecule has 22 heavy (non-hydrogen) atoms. The van der Waals surface area contributed by atoms with Gasteiger partial charge < -0.3 is 4.90 Å². The van der Waals surface area contributed by atoms with Crippen molar-refractivity contribution in [2.45, 2.75) is 32.1 Å². The van der Waals surface area contributed by atoms with Gasteiger partial charge in [-0.25, -0.2) is 9.97 Å². The van der Waals surface area contributed by atoms with Crippen molar-refractivity contribution in [1.82, 2.24) is 14.9 Å². The molecule has 1 aromatic heterocycles. The molecule has 1 saturated heterocycles. The number of aromatic nitrogens is 2. The second-order valence-electron chi connectivity index (χ2n) is 5.87. The maximum atomic E-state index is 12.3. The molecule has 1 aliphatic rings. The van der Waals surface area contributed by atoms with Gasteiger partial charge in [0.25, 0.3) is 0 Å². The van der Waals surface area contributed by atoms with Gasteiger partial charge >= 0.3 is 0 Å². The first-order valence-corrected chi connectivity index (χ1v) is 7.83. The Morgan fingerprint density at radius 3 is 2.86 bits per heavy atom. The summed E-state index contributed by atoms with van der Waals surface area (Å²) in [6.07, 6.45) is 4.14. The van der Waals surface area contributed by atoms with Crippen LogP contribution in [0.25, 0.3) is 0 Å². The molecule has 1 fully saturated rings. The average molecular weight is 295 g/mol. The van der Waals surface area contributed by atoms with Crippen LogP contribution in [-0.2, 0) is 11.2 Å². The SMILES string of the molecule is Cc1ccnc(C2CCN(C(=O)CCc3ccccc3)C2)n1. The molecule has 0 bridgehead atoms. The van der Waals surface area contributed by atoms with Crippen molar-refractivity contribution in [3.05, 3.63) is 59.7 Å². The van der Waals surface area contributed by atoms with Gasteiger partial charge in [-0.1, -0.05) is 30.3 Å². The number of aryl methyl sites for hydroxylation is 2. The number of rotatable bonds is 4. The van der Waals surface area contributed by atoms with E-state index in [4.69, 9.17) is 0 Å². The maximum Gasteiger partial charge on any atom is 0.222 e. The van der Waals surface area contributed by atoms with Crippen LogP contribution < -0.4 is 0 Å². The molecule has 0 saturated carbocycles. The van der Waals surface area contributed by atoms with E-state index in [1.165, 1.54) is 5.56 Å². The lowest BCUT2D eigenvalue weighted by Gasteiger charge is -2.16. The number of carbonyl (C=O) groups is 1. The third-order valence-electron chi connectivity index (χ3n) is 4.19. The zero-order chi connectivity index (χ0) is 15.4. The topological polar surface area (TPSA) is 46.1 Å². The molecule has 1 aliphatic heterocycles. The molecule has 0 N–H and O–H groups in total. The monoisotopic (exact) mass is 295 g/mol. The van der Waals surface area contributed by atoms with Crippen LogP contribution in [0.2, 0.25) is 0 Å². The number of hydrogen-bond donors (Lipinski definition) is 0. The fourth-order valence-electron chi connectivity index (χ4n) is 2.92. The Balaban J connectivity index is 1.55. The summed E-state index contributed by atoms with van der Waals surface area (Å²) in [6, 6.07) is 12.1. The summed E-state index contributed by atoms with van der Waals surface area (Å²) >= 11 is 0. The van der Waals surface area contributed by atoms with Gasteiger partial charge in [0.2, 0.25) is 5.91 Å². The minimum Gasteiger partial charge on any atom is -0.342 e. The van der Waals surface area contributed by atoms with E-state index in [2.05, 4.69) is 22.1 Å². The molecule has 114 valence electrons. The molecule has 1 unspecified atom stereocenters. The van der Waals surface area contributed by atoms with Crippen molar-refractivity contribution >= 4 is 5.91 Å². The van der Waals surface area contributed by atoms with E-state index >= 15 is 0 Å². The van der Waals surface area contributed by atoms with E-state index in [9.17, 15) is 4.79 Å². The molecule has 1 aromatic carbocycles. The number of hydrogen-bond acceptors (Lipinski definition) is 3. The Morgan fingerprint density at radius 2 is 2.09 bits per heavy atom. The van der Waals surface area contributed by atoms with Gasteiger partial charge in [-0.3, -0.25) is 4.79 Å². The summed E-state index contributed by atoms with van der Waals surface area (Å²) < 4.78 is 0. The quantitative estimate of drug-likeness (QED) is 0.871. The van der Waals surface area contributed by atoms with E-state index in [0.717, 1.165) is 37.4 Å². The Kier molecular flexibility index (Phi) is 4.47. The summed E-state index contributed by atoms with van der Waals surface area (Å²) in [4.78, 5) is 23.2. The highest BCUT2D eigenvalue weighted by Crippen LogP contribution is 2.25. The highest BCUT2D eigenvalue weighted by atomic mass is 16.2. The fraction of sp³-hybridized carbons (Fsp3) is 0.389. The molecule has 2 aromatic rings. The largest absolute Gasteiger partial charge is 0.342 e. The minimum absolute atomic E-state index is 0.235. The third-order valence-corrected chi connectivity index (χ3v) is 4.19. The molecular weight excluding hydrogens is 274 g/mol. The van der Waals surface area contributed by atoms with E-state index in [1.807, 2.05) is 36.1 Å². The van der Waals surface area contributed by atoms with Crippen molar-refractivity contribution in [2.75, 3.05) is 13.1 Å². The number of nitrogens with zero attached hydrogens (tertiary/aromatic N) is 3. The Labute approximate surface area is 131 Å². The molecule has 1 amide bonds. The van der Waals surface area contributed by atoms with E-state index in [0.29, 0.717) is 6.42 Å². The van der Waals surface area contributed by atoms with Crippen LogP contribution in [0.5, 0.6) is 0 Å². The lowest BCUT2D eigenvalue weighted by molar-refractivity contribution is -0.130. The molecular formula is C18H21N3O. The lowest BCUT2D eigenvalue weighted by Crippen LogP contribution is -2.28. The van der Waals surface area contributed by atoms with Gasteiger partial charge in [0.1, 0.15) is 5.82 Å². The molecule has 4 nitrogen and oxygen atoms in total. The predicted octanol–water partition coefficient (Wildman–Crippen LogP) is 2.73. The smallest absolute Gasteiger partial charge is 0.222 e. The normalized spacial score (nSPS) is 17.7. The van der Waals surface area contributed by atoms with Crippen LogP contribution in [0, 0.1) is 6.92 Å². The molecule has 0 spiro atoms. The summed E-state index contributed by atoms with van der Waals surface area (Å²) in [5, 5.41) is 0. The Hall–Kier alpha value is -2.23. The zero-order valence-corrected chi connectivity index (χ0v) is 12.9. The fourth-order valence-corrected chi connectivity index (χ4v) is 2.92. The van der Waals surface area contributed by atoms with Crippen LogP contribution in [0.4, 0.5) is 0 Å². The third kappa shape index (κ3) is 3.50. The highest BCUT2D eigenvalue weighted by molar-refractivity contribution is 5.76. The standard InChI is InChI=1S/C18H21N3O/c1-14-9-11-19-18(20-14)16-10-12-21(13-16)17(22)8-7-15-5-3-2-4-6-15/h2-6,9,11,16H,7-8,10,12-13H2,1H3. The summed E-state index contributed by atoms with van der Waals surface area (Å²) in [7, 11) is 0. The van der Waals surface area contributed by atoms with Gasteiger partial charge in [0.05, 0.1) is 0 Å². The second kappa shape index (κ2) is 6.69. The van der Waals surface area contributed by atoms with Crippen molar-refractivity contribution in [1.29, 1.82) is 0 Å². The van der Waals surface area contributed by atoms with Gasteiger partial charge in [0, 0.05) is 37.3 Å². The number of benzene rings is 1. The van der Waals surface area contributed by atoms with Crippen LogP contribution in [0.3, 0.4) is 0 Å². The Bertz CT molecular complexity index is 642. The summed E-state index contributed by atoms with van der Waals surface area (Å²) in [6.45, 7) is 3.54. The zero-order valence-electron chi connectivity index (χ0n) is 12.9. The van der Waals surface area contributed by atoms with E-state index < -0.39 is 0 Å². The van der Waals surface area contributed by atoms with E-state index in [1.54, 1.807) is 6.20 Å². The van der Waals surface area contributed by atoms with Crippen molar-refractivity contribution < 1.29 is 4.79 Å². The first-order valence-electron chi connectivity index (χ1n) is 7.83. The number of likely N-dealkylation sites (tertiary alicyclic amines) is 1. The first kappa shape index (κ1) is 14.7. The highest BCUT2D eigenvalue weighted by Gasteiger charge is 2.28. The molecule has 1 atom stereocenters. The van der Waals surface area contributed by atoms with Gasteiger partial charge in [0.15, 0.2) is 0 Å². The molecule has 0 aliphatic carbocycles. The van der Waals surface area contributed by atoms with Crippen LogP contribution in [0.15, 0.2) is 42.6 Å². The minimum atomic E-state index is 0.235. The summed E-state index contributed by atoms with van der Waals surface area (Å²) in [5.74, 6) is 1.39. The number of amides is 1. The van der Waals surface area contributed by atoms with Gasteiger partial charge in [-0.2, -0.15) is 0 Å². The molecule has 2 heterocycles. The summed E-state index contributed by atoms with van der Waals surface area (Å²) in [5.41, 5.74) is 2.20. The lowest BCUT2D eigenvalue weighted by atomic mass is 10.1. The number of carbonyl (C=O) groups excluding carboxylic acids is 1. The maximum absolute atomic E-state index is 12.3. The molecule has 4 heteroatoms. The van der Waals surface area contributed by atoms with Crippen LogP contribution >= 0.6 is 0 Å². The van der Waals surface area contributed by atoms with Crippen molar-refractivity contribution in [3.63, 3.8) is 0 Å². The van der Waals surface area contributed by atoms with Crippen molar-refractivity contribution in [3.8, 4) is 0 Å². The van der Waals surface area contributed by atoms with Crippen molar-refractivity contribution in [2.24, 2.45) is 0 Å². The first-order chi connectivity index (χ1) is 10.7. The molecule has 0 radical (unpaired) electrons. The Morgan fingerprint density at radius 1 is 1.27 bits per heavy atom. The second-order valence-corrected chi connectivity index (χ2v) is 5.87. The average Bonchev–Trinajstić information content (AvgIpc) is 3.04. The van der Waals surface area contributed by atoms with Crippen LogP contribution in [-0.4, -0.2) is 33.9 Å². The molecule has 3 rings (SSSR count). The predicted molar refractivity (Wildman–Crippen MR) is 85.5 cm³/mol. The van der Waals surface area contributed by atoms with Gasteiger partial charge in [-0.05, 0) is 31.4 Å². The van der Waals surface area contributed by atoms with E-state index in [-0.39, 0.29) is 11.8 Å². The van der Waals surface area contributed by atoms with Crippen LogP contribution in [0.1, 0.15) is 35.8 Å².